The molecule has 4 aromatic rings. The molecule has 3 aromatic heterocycles. The molecule has 0 bridgehead atoms. The highest BCUT2D eigenvalue weighted by Crippen LogP contribution is 2.39. The van der Waals surface area contributed by atoms with E-state index in [2.05, 4.69) is 15.0 Å². The summed E-state index contributed by atoms with van der Waals surface area (Å²) in [5.74, 6) is -0.0119. The highest BCUT2D eigenvalue weighted by Gasteiger charge is 2.30. The van der Waals surface area contributed by atoms with Crippen LogP contribution in [0.25, 0.3) is 10.9 Å². The first-order valence-electron chi connectivity index (χ1n) is 11.5. The minimum absolute atomic E-state index is 0.174. The Labute approximate surface area is 203 Å². The van der Waals surface area contributed by atoms with Gasteiger partial charge in [0, 0.05) is 41.6 Å². The second kappa shape index (κ2) is 8.49. The number of rotatable bonds is 5. The van der Waals surface area contributed by atoms with E-state index in [1.54, 1.807) is 41.6 Å². The van der Waals surface area contributed by atoms with E-state index in [1.165, 1.54) is 6.07 Å². The fourth-order valence-electron chi connectivity index (χ4n) is 4.47. The summed E-state index contributed by atoms with van der Waals surface area (Å²) in [5.41, 5.74) is 9.77. The zero-order chi connectivity index (χ0) is 24.1. The molecule has 6 rings (SSSR count). The highest BCUT2D eigenvalue weighted by molar-refractivity contribution is 7.85. The summed E-state index contributed by atoms with van der Waals surface area (Å²) < 4.78 is 26.7. The third kappa shape index (κ3) is 4.05. The number of halogens is 1. The zero-order valence-corrected chi connectivity index (χ0v) is 19.6. The van der Waals surface area contributed by atoms with Crippen LogP contribution in [0.15, 0.2) is 59.8 Å². The maximum Gasteiger partial charge on any atom is 0.260 e. The Morgan fingerprint density at radius 3 is 2.77 bits per heavy atom. The average molecular weight is 488 g/mol. The van der Waals surface area contributed by atoms with Gasteiger partial charge in [-0.3, -0.25) is 19.0 Å². The molecular formula is C26H22FN5O2S. The van der Waals surface area contributed by atoms with Crippen LogP contribution in [0.4, 0.5) is 15.9 Å². The number of anilines is 2. The molecule has 9 heteroatoms. The number of hydrogen-bond acceptors (Lipinski definition) is 6. The fourth-order valence-corrected chi connectivity index (χ4v) is 5.88. The smallest absolute Gasteiger partial charge is 0.260 e. The lowest BCUT2D eigenvalue weighted by molar-refractivity contribution is 0.0984. The maximum atomic E-state index is 13.8. The maximum absolute atomic E-state index is 13.8. The third-order valence-corrected chi connectivity index (χ3v) is 7.95. The molecule has 7 nitrogen and oxygen atoms in total. The van der Waals surface area contributed by atoms with Crippen LogP contribution in [0.3, 0.4) is 0 Å². The van der Waals surface area contributed by atoms with Gasteiger partial charge in [-0.1, -0.05) is 12.1 Å². The van der Waals surface area contributed by atoms with E-state index in [9.17, 15) is 13.4 Å². The normalized spacial score (nSPS) is 16.9. The van der Waals surface area contributed by atoms with Gasteiger partial charge in [-0.15, -0.1) is 0 Å². The Balaban J connectivity index is 1.42. The molecule has 0 radical (unpaired) electrons. The number of nitrogens with zero attached hydrogens (tertiary/aromatic N) is 4. The number of aryl methyl sites for hydroxylation is 1. The van der Waals surface area contributed by atoms with Crippen LogP contribution in [-0.4, -0.2) is 30.8 Å². The Bertz CT molecular complexity index is 1500. The number of fused-ring (bicyclic) bond motifs is 2. The second-order valence-electron chi connectivity index (χ2n) is 8.93. The summed E-state index contributed by atoms with van der Waals surface area (Å²) in [6.45, 7) is 0.200. The molecule has 4 heterocycles. The van der Waals surface area contributed by atoms with Gasteiger partial charge >= 0.3 is 0 Å². The number of carbonyl (C=O) groups excluding carboxylic acids is 1. The van der Waals surface area contributed by atoms with Crippen molar-refractivity contribution in [1.29, 1.82) is 0 Å². The summed E-state index contributed by atoms with van der Waals surface area (Å²) in [7, 11) is -1.23. The molecule has 0 spiro atoms. The quantitative estimate of drug-likeness (QED) is 0.454. The number of amides is 1. The van der Waals surface area contributed by atoms with Crippen molar-refractivity contribution >= 4 is 39.1 Å². The lowest BCUT2D eigenvalue weighted by Crippen LogP contribution is -2.31. The minimum atomic E-state index is -1.23. The minimum Gasteiger partial charge on any atom is -0.381 e. The number of aromatic nitrogens is 3. The molecule has 1 amide bonds. The largest absolute Gasteiger partial charge is 0.381 e. The van der Waals surface area contributed by atoms with Gasteiger partial charge in [0.25, 0.3) is 5.91 Å². The van der Waals surface area contributed by atoms with Crippen molar-refractivity contribution in [3.8, 4) is 0 Å². The summed E-state index contributed by atoms with van der Waals surface area (Å²) in [4.78, 5) is 29.1. The van der Waals surface area contributed by atoms with Crippen LogP contribution < -0.4 is 10.6 Å². The van der Waals surface area contributed by atoms with E-state index in [1.807, 2.05) is 12.1 Å². The molecule has 35 heavy (non-hydrogen) atoms. The topological polar surface area (TPSA) is 102 Å². The first kappa shape index (κ1) is 21.8. The van der Waals surface area contributed by atoms with Crippen molar-refractivity contribution in [3.05, 3.63) is 83.2 Å². The molecule has 176 valence electrons. The molecule has 0 saturated heterocycles. The van der Waals surface area contributed by atoms with Gasteiger partial charge in [-0.25, -0.2) is 9.37 Å². The van der Waals surface area contributed by atoms with Gasteiger partial charge in [0.05, 0.1) is 44.7 Å². The molecule has 1 fully saturated rings. The monoisotopic (exact) mass is 487 g/mol. The van der Waals surface area contributed by atoms with Crippen molar-refractivity contribution in [2.24, 2.45) is 0 Å². The summed E-state index contributed by atoms with van der Waals surface area (Å²) in [6, 6.07) is 12.2. The summed E-state index contributed by atoms with van der Waals surface area (Å²) in [6.07, 6.45) is 6.14. The molecule has 1 aromatic carbocycles. The van der Waals surface area contributed by atoms with Gasteiger partial charge < -0.3 is 10.6 Å². The van der Waals surface area contributed by atoms with Crippen molar-refractivity contribution < 1.29 is 13.4 Å². The SMILES string of the molecule is Nc1nc2cc(CN(C(=O)c3ccc(C4CC4)nc3)c3ccnc4c3S(=O)CC4)ccc2cc1F. The van der Waals surface area contributed by atoms with Crippen molar-refractivity contribution in [3.63, 3.8) is 0 Å². The number of nitrogen functional groups attached to an aromatic ring is 1. The number of carbonyl (C=O) groups is 1. The van der Waals surface area contributed by atoms with Crippen LogP contribution in [0.1, 0.15) is 46.1 Å². The standard InChI is InChI=1S/C26H22FN5O2S/c27-19-12-17-2-1-15(11-22(17)31-25(19)28)14-32(23-7-9-29-21-8-10-35(34)24(21)23)26(33)18-5-6-20(30-13-18)16-3-4-16/h1-2,5-7,9,11-13,16H,3-4,8,10,14H2,(H2,28,31). The molecule has 1 aliphatic carbocycles. The van der Waals surface area contributed by atoms with E-state index in [-0.39, 0.29) is 18.3 Å². The van der Waals surface area contributed by atoms with Gasteiger partial charge in [0.15, 0.2) is 11.6 Å². The predicted molar refractivity (Wildman–Crippen MR) is 132 cm³/mol. The number of hydrogen-bond donors (Lipinski definition) is 1. The number of pyridine rings is 3. The van der Waals surface area contributed by atoms with Crippen molar-refractivity contribution in [1.82, 2.24) is 15.0 Å². The van der Waals surface area contributed by atoms with Crippen LogP contribution in [0.5, 0.6) is 0 Å². The van der Waals surface area contributed by atoms with Gasteiger partial charge in [-0.2, -0.15) is 0 Å². The first-order valence-corrected chi connectivity index (χ1v) is 12.8. The fraction of sp³-hybridized carbons (Fsp3) is 0.231. The van der Waals surface area contributed by atoms with E-state index in [0.29, 0.717) is 45.1 Å². The molecule has 1 unspecified atom stereocenters. The lowest BCUT2D eigenvalue weighted by Gasteiger charge is -2.25. The van der Waals surface area contributed by atoms with E-state index in [0.717, 1.165) is 29.8 Å². The molecule has 2 N–H and O–H groups in total. The molecule has 1 aliphatic heterocycles. The van der Waals surface area contributed by atoms with Crippen LogP contribution in [-0.2, 0) is 23.8 Å². The lowest BCUT2D eigenvalue weighted by atomic mass is 10.1. The molecule has 1 saturated carbocycles. The Kier molecular flexibility index (Phi) is 5.29. The van der Waals surface area contributed by atoms with E-state index in [4.69, 9.17) is 5.73 Å². The Morgan fingerprint density at radius 2 is 2.00 bits per heavy atom. The molecule has 1 atom stereocenters. The second-order valence-corrected chi connectivity index (χ2v) is 10.4. The van der Waals surface area contributed by atoms with E-state index < -0.39 is 16.6 Å². The van der Waals surface area contributed by atoms with E-state index >= 15 is 0 Å². The Morgan fingerprint density at radius 1 is 1.14 bits per heavy atom. The van der Waals surface area contributed by atoms with Crippen LogP contribution in [0.2, 0.25) is 0 Å². The first-order chi connectivity index (χ1) is 17.0. The number of benzene rings is 1. The summed E-state index contributed by atoms with van der Waals surface area (Å²) >= 11 is 0. The summed E-state index contributed by atoms with van der Waals surface area (Å²) in [5, 5.41) is 0.615. The van der Waals surface area contributed by atoms with Crippen molar-refractivity contribution in [2.45, 2.75) is 36.6 Å². The average Bonchev–Trinajstić information content (AvgIpc) is 3.65. The third-order valence-electron chi connectivity index (χ3n) is 6.48. The van der Waals surface area contributed by atoms with Crippen LogP contribution in [0, 0.1) is 5.82 Å². The van der Waals surface area contributed by atoms with Gasteiger partial charge in [-0.05, 0) is 48.7 Å². The predicted octanol–water partition coefficient (Wildman–Crippen LogP) is 4.13. The molecule has 2 aliphatic rings. The van der Waals surface area contributed by atoms with Crippen molar-refractivity contribution in [2.75, 3.05) is 16.4 Å². The van der Waals surface area contributed by atoms with Gasteiger partial charge in [0.2, 0.25) is 0 Å². The highest BCUT2D eigenvalue weighted by atomic mass is 32.2. The zero-order valence-electron chi connectivity index (χ0n) is 18.8. The molecular weight excluding hydrogens is 465 g/mol. The Hall–Kier alpha value is -3.72. The number of nitrogens with two attached hydrogens (primary N) is 1. The van der Waals surface area contributed by atoms with Crippen LogP contribution >= 0.6 is 0 Å². The van der Waals surface area contributed by atoms with Gasteiger partial charge in [0.1, 0.15) is 0 Å².